The van der Waals surface area contributed by atoms with E-state index in [0.29, 0.717) is 5.54 Å². The summed E-state index contributed by atoms with van der Waals surface area (Å²) in [6.07, 6.45) is 8.31. The number of hydrogen-bond acceptors (Lipinski definition) is 2. The summed E-state index contributed by atoms with van der Waals surface area (Å²) >= 11 is 0. The van der Waals surface area contributed by atoms with E-state index in [1.165, 1.54) is 45.1 Å². The Hall–Kier alpha value is -0.0800. The molecule has 0 saturated heterocycles. The molecule has 0 bridgehead atoms. The largest absolute Gasteiger partial charge is 0.329 e. The molecule has 2 saturated carbocycles. The van der Waals surface area contributed by atoms with Gasteiger partial charge in [-0.25, -0.2) is 0 Å². The fourth-order valence-electron chi connectivity index (χ4n) is 3.52. The Morgan fingerprint density at radius 2 is 2.00 bits per heavy atom. The summed E-state index contributed by atoms with van der Waals surface area (Å²) in [5, 5.41) is 0. The van der Waals surface area contributed by atoms with Gasteiger partial charge in [0.1, 0.15) is 0 Å². The molecule has 2 nitrogen and oxygen atoms in total. The van der Waals surface area contributed by atoms with E-state index in [9.17, 15) is 0 Å². The Morgan fingerprint density at radius 3 is 2.53 bits per heavy atom. The van der Waals surface area contributed by atoms with Crippen molar-refractivity contribution in [2.45, 2.75) is 57.9 Å². The smallest absolute Gasteiger partial charge is 0.0331 e. The molecule has 2 heteroatoms. The van der Waals surface area contributed by atoms with Crippen molar-refractivity contribution in [2.24, 2.45) is 23.5 Å². The molecular weight excluding hydrogens is 208 g/mol. The van der Waals surface area contributed by atoms with Gasteiger partial charge < -0.3 is 5.73 Å². The summed E-state index contributed by atoms with van der Waals surface area (Å²) in [4.78, 5) is 2.61. The van der Waals surface area contributed by atoms with Crippen molar-refractivity contribution < 1.29 is 0 Å². The first-order valence-electron chi connectivity index (χ1n) is 7.49. The predicted octanol–water partition coefficient (Wildman–Crippen LogP) is 2.87. The maximum Gasteiger partial charge on any atom is 0.0331 e. The molecule has 0 spiro atoms. The third kappa shape index (κ3) is 3.03. The molecule has 100 valence electrons. The molecule has 0 aromatic carbocycles. The van der Waals surface area contributed by atoms with E-state index in [2.05, 4.69) is 25.8 Å². The SMILES string of the molecule is CC(C)C1CCCC(CN)(N(C)CC2CC2)C1. The Morgan fingerprint density at radius 1 is 1.29 bits per heavy atom. The van der Waals surface area contributed by atoms with Gasteiger partial charge in [-0.05, 0) is 50.5 Å². The van der Waals surface area contributed by atoms with E-state index in [0.717, 1.165) is 24.3 Å². The molecule has 2 rings (SSSR count). The molecule has 0 heterocycles. The second-order valence-corrected chi connectivity index (χ2v) is 6.85. The number of hydrogen-bond donors (Lipinski definition) is 1. The van der Waals surface area contributed by atoms with Crippen molar-refractivity contribution in [1.82, 2.24) is 4.90 Å². The molecule has 0 aromatic heterocycles. The van der Waals surface area contributed by atoms with Crippen molar-refractivity contribution in [2.75, 3.05) is 20.1 Å². The van der Waals surface area contributed by atoms with Gasteiger partial charge in [0.2, 0.25) is 0 Å². The standard InChI is InChI=1S/C15H30N2/c1-12(2)14-5-4-8-15(9-14,11-16)17(3)10-13-6-7-13/h12-14H,4-11,16H2,1-3H3. The predicted molar refractivity (Wildman–Crippen MR) is 73.9 cm³/mol. The zero-order valence-electron chi connectivity index (χ0n) is 11.9. The monoisotopic (exact) mass is 238 g/mol. The highest BCUT2D eigenvalue weighted by Crippen LogP contribution is 2.41. The van der Waals surface area contributed by atoms with Crippen LogP contribution < -0.4 is 5.73 Å². The molecule has 0 aliphatic heterocycles. The molecule has 0 radical (unpaired) electrons. The van der Waals surface area contributed by atoms with Crippen LogP contribution in [0.25, 0.3) is 0 Å². The molecule has 2 unspecified atom stereocenters. The lowest BCUT2D eigenvalue weighted by molar-refractivity contribution is 0.0420. The molecule has 0 amide bonds. The first-order chi connectivity index (χ1) is 8.07. The minimum Gasteiger partial charge on any atom is -0.329 e. The molecule has 2 N–H and O–H groups in total. The van der Waals surface area contributed by atoms with Gasteiger partial charge in [0.25, 0.3) is 0 Å². The summed E-state index contributed by atoms with van der Waals surface area (Å²) < 4.78 is 0. The second kappa shape index (κ2) is 5.27. The lowest BCUT2D eigenvalue weighted by Crippen LogP contribution is -2.55. The van der Waals surface area contributed by atoms with Gasteiger partial charge in [0.05, 0.1) is 0 Å². The first kappa shape index (κ1) is 13.4. The molecule has 17 heavy (non-hydrogen) atoms. The summed E-state index contributed by atoms with van der Waals surface area (Å²) in [5.41, 5.74) is 6.47. The minimum atomic E-state index is 0.315. The van der Waals surface area contributed by atoms with Gasteiger partial charge in [-0.2, -0.15) is 0 Å². The van der Waals surface area contributed by atoms with Crippen LogP contribution in [0.4, 0.5) is 0 Å². The molecule has 0 aromatic rings. The average Bonchev–Trinajstić information content (AvgIpc) is 3.12. The molecule has 2 aliphatic rings. The topological polar surface area (TPSA) is 29.3 Å². The minimum absolute atomic E-state index is 0.315. The Kier molecular flexibility index (Phi) is 4.14. The Labute approximate surface area is 107 Å². The van der Waals surface area contributed by atoms with Crippen molar-refractivity contribution in [3.63, 3.8) is 0 Å². The van der Waals surface area contributed by atoms with Crippen LogP contribution in [0.15, 0.2) is 0 Å². The highest BCUT2D eigenvalue weighted by atomic mass is 15.2. The van der Waals surface area contributed by atoms with Crippen LogP contribution in [0.1, 0.15) is 52.4 Å². The van der Waals surface area contributed by atoms with E-state index in [1.54, 1.807) is 0 Å². The van der Waals surface area contributed by atoms with Crippen molar-refractivity contribution in [3.8, 4) is 0 Å². The maximum atomic E-state index is 6.16. The molecule has 2 atom stereocenters. The highest BCUT2D eigenvalue weighted by Gasteiger charge is 2.40. The Bertz CT molecular complexity index is 247. The quantitative estimate of drug-likeness (QED) is 0.798. The Balaban J connectivity index is 2.00. The van der Waals surface area contributed by atoms with E-state index >= 15 is 0 Å². The fourth-order valence-corrected chi connectivity index (χ4v) is 3.52. The number of rotatable bonds is 5. The van der Waals surface area contributed by atoms with Crippen molar-refractivity contribution in [1.29, 1.82) is 0 Å². The summed E-state index contributed by atoms with van der Waals surface area (Å²) in [7, 11) is 2.31. The zero-order chi connectivity index (χ0) is 12.5. The number of nitrogens with zero attached hydrogens (tertiary/aromatic N) is 1. The highest BCUT2D eigenvalue weighted by molar-refractivity contribution is 4.97. The van der Waals surface area contributed by atoms with E-state index in [4.69, 9.17) is 5.73 Å². The van der Waals surface area contributed by atoms with Gasteiger partial charge >= 0.3 is 0 Å². The number of nitrogens with two attached hydrogens (primary N) is 1. The summed E-state index contributed by atoms with van der Waals surface area (Å²) in [6, 6.07) is 0. The molecule has 2 aliphatic carbocycles. The van der Waals surface area contributed by atoms with Crippen LogP contribution in [-0.2, 0) is 0 Å². The lowest BCUT2D eigenvalue weighted by Gasteiger charge is -2.48. The van der Waals surface area contributed by atoms with Gasteiger partial charge in [0.15, 0.2) is 0 Å². The second-order valence-electron chi connectivity index (χ2n) is 6.85. The average molecular weight is 238 g/mol. The van der Waals surface area contributed by atoms with Gasteiger partial charge in [-0.15, -0.1) is 0 Å². The van der Waals surface area contributed by atoms with Gasteiger partial charge in [-0.3, -0.25) is 4.90 Å². The van der Waals surface area contributed by atoms with Crippen LogP contribution in [-0.4, -0.2) is 30.6 Å². The van der Waals surface area contributed by atoms with Crippen LogP contribution in [0.5, 0.6) is 0 Å². The van der Waals surface area contributed by atoms with Crippen LogP contribution in [0, 0.1) is 17.8 Å². The van der Waals surface area contributed by atoms with Gasteiger partial charge in [-0.1, -0.05) is 26.7 Å². The van der Waals surface area contributed by atoms with Crippen molar-refractivity contribution >= 4 is 0 Å². The summed E-state index contributed by atoms with van der Waals surface area (Å²) in [6.45, 7) is 6.87. The molecular formula is C15H30N2. The zero-order valence-corrected chi connectivity index (χ0v) is 11.9. The fraction of sp³-hybridized carbons (Fsp3) is 1.00. The van der Waals surface area contributed by atoms with Crippen LogP contribution in [0.2, 0.25) is 0 Å². The van der Waals surface area contributed by atoms with Crippen LogP contribution >= 0.6 is 0 Å². The molecule has 2 fully saturated rings. The van der Waals surface area contributed by atoms with E-state index in [-0.39, 0.29) is 0 Å². The maximum absolute atomic E-state index is 6.16. The van der Waals surface area contributed by atoms with E-state index < -0.39 is 0 Å². The number of likely N-dealkylation sites (N-methyl/N-ethyl adjacent to an activating group) is 1. The summed E-state index contributed by atoms with van der Waals surface area (Å²) in [5.74, 6) is 2.67. The van der Waals surface area contributed by atoms with Gasteiger partial charge in [0, 0.05) is 18.6 Å². The first-order valence-corrected chi connectivity index (χ1v) is 7.49. The van der Waals surface area contributed by atoms with E-state index in [1.807, 2.05) is 0 Å². The third-order valence-electron chi connectivity index (χ3n) is 5.22. The lowest BCUT2D eigenvalue weighted by atomic mass is 9.71. The normalized spacial score (nSPS) is 34.6. The van der Waals surface area contributed by atoms with Crippen LogP contribution in [0.3, 0.4) is 0 Å². The van der Waals surface area contributed by atoms with Crippen molar-refractivity contribution in [3.05, 3.63) is 0 Å². The third-order valence-corrected chi connectivity index (χ3v) is 5.22.